The summed E-state index contributed by atoms with van der Waals surface area (Å²) in [6, 6.07) is 12.7. The Morgan fingerprint density at radius 1 is 1.07 bits per heavy atom. The Morgan fingerprint density at radius 3 is 2.44 bits per heavy atom. The van der Waals surface area contributed by atoms with E-state index < -0.39 is 17.9 Å². The van der Waals surface area contributed by atoms with Gasteiger partial charge in [-0.25, -0.2) is 4.79 Å². The number of benzene rings is 2. The van der Waals surface area contributed by atoms with E-state index in [0.717, 1.165) is 16.7 Å². The minimum Gasteiger partial charge on any atom is -0.480 e. The van der Waals surface area contributed by atoms with Crippen molar-refractivity contribution in [3.05, 3.63) is 141 Å². The molecule has 0 saturated carbocycles. The predicted molar refractivity (Wildman–Crippen MR) is 169 cm³/mol. The number of ether oxygens (including phenoxy) is 1. The number of allylic oxidation sites excluding steroid dienone is 7. The lowest BCUT2D eigenvalue weighted by Crippen LogP contribution is -2.47. The minimum atomic E-state index is -1.14. The molecule has 0 saturated heterocycles. The third kappa shape index (κ3) is 10.3. The van der Waals surface area contributed by atoms with Crippen LogP contribution in [0.4, 0.5) is 0 Å². The fourth-order valence-electron chi connectivity index (χ4n) is 4.02. The number of carboxylic acids is 1. The van der Waals surface area contributed by atoms with Crippen molar-refractivity contribution in [3.8, 4) is 0 Å². The first-order valence-electron chi connectivity index (χ1n) is 13.5. The zero-order valence-corrected chi connectivity index (χ0v) is 25.4. The topological polar surface area (TPSA) is 66.8 Å². The van der Waals surface area contributed by atoms with Crippen molar-refractivity contribution in [1.29, 1.82) is 0 Å². The maximum Gasteiger partial charge on any atom is 0.326 e. The fraction of sp³-hybridized carbons (Fsp3) is 0.235. The quantitative estimate of drug-likeness (QED) is 0.208. The summed E-state index contributed by atoms with van der Waals surface area (Å²) < 4.78 is 5.83. The molecular weight excluding hydrogens is 557 g/mol. The summed E-state index contributed by atoms with van der Waals surface area (Å²) in [4.78, 5) is 27.8. The molecule has 0 heterocycles. The molecular formula is C34H37Cl2NO4. The van der Waals surface area contributed by atoms with Crippen molar-refractivity contribution < 1.29 is 19.4 Å². The molecule has 0 spiro atoms. The fourth-order valence-corrected chi connectivity index (χ4v) is 4.51. The monoisotopic (exact) mass is 593 g/mol. The Bertz CT molecular complexity index is 1350. The maximum atomic E-state index is 13.9. The van der Waals surface area contributed by atoms with Gasteiger partial charge in [0.15, 0.2) is 0 Å². The van der Waals surface area contributed by atoms with E-state index in [1.807, 2.05) is 101 Å². The van der Waals surface area contributed by atoms with Crippen LogP contribution >= 0.6 is 23.2 Å². The summed E-state index contributed by atoms with van der Waals surface area (Å²) in [7, 11) is 0. The molecule has 2 aromatic rings. The van der Waals surface area contributed by atoms with Crippen LogP contribution in [0.3, 0.4) is 0 Å². The normalized spacial score (nSPS) is 14.0. The van der Waals surface area contributed by atoms with E-state index in [9.17, 15) is 14.7 Å². The van der Waals surface area contributed by atoms with Crippen LogP contribution < -0.4 is 0 Å². The molecule has 41 heavy (non-hydrogen) atoms. The van der Waals surface area contributed by atoms with E-state index in [-0.39, 0.29) is 23.6 Å². The van der Waals surface area contributed by atoms with Crippen LogP contribution in [0.5, 0.6) is 0 Å². The Hall–Kier alpha value is -3.80. The number of amides is 1. The highest BCUT2D eigenvalue weighted by Gasteiger charge is 2.32. The van der Waals surface area contributed by atoms with Gasteiger partial charge in [0, 0.05) is 23.6 Å². The smallest absolute Gasteiger partial charge is 0.326 e. The highest BCUT2D eigenvalue weighted by Crippen LogP contribution is 2.26. The van der Waals surface area contributed by atoms with Gasteiger partial charge < -0.3 is 14.7 Å². The number of hydrogen-bond acceptors (Lipinski definition) is 3. The second-order valence-corrected chi connectivity index (χ2v) is 9.61. The molecule has 7 heteroatoms. The average molecular weight is 595 g/mol. The molecule has 0 fully saturated rings. The first kappa shape index (κ1) is 33.4. The van der Waals surface area contributed by atoms with Crippen LogP contribution in [0, 0.1) is 0 Å². The summed E-state index contributed by atoms with van der Waals surface area (Å²) in [5.74, 6) is -0.991. The Balaban J connectivity index is 0.00000287. The van der Waals surface area contributed by atoms with E-state index in [1.165, 1.54) is 17.0 Å². The van der Waals surface area contributed by atoms with Gasteiger partial charge in [0.1, 0.15) is 11.8 Å². The van der Waals surface area contributed by atoms with Crippen LogP contribution in [-0.2, 0) is 16.0 Å². The SMILES string of the molecule is C/C=C/C=C(\O/C=C/C)C1=CC(CN(C(=O)c2ccc(Cl)cc2Cl)[C@@H](Cc2ccccc2)C(=O)O)=CCC=C1.CC. The third-order valence-electron chi connectivity index (χ3n) is 5.92. The molecule has 0 aliphatic heterocycles. The Morgan fingerprint density at radius 2 is 1.80 bits per heavy atom. The van der Waals surface area contributed by atoms with Gasteiger partial charge in [0.2, 0.25) is 0 Å². The highest BCUT2D eigenvalue weighted by molar-refractivity contribution is 6.36. The number of aliphatic carboxylic acids is 1. The first-order chi connectivity index (χ1) is 19.8. The van der Waals surface area contributed by atoms with E-state index in [2.05, 4.69) is 0 Å². The lowest BCUT2D eigenvalue weighted by Gasteiger charge is -2.30. The molecule has 0 radical (unpaired) electrons. The van der Waals surface area contributed by atoms with E-state index >= 15 is 0 Å². The number of hydrogen-bond donors (Lipinski definition) is 1. The van der Waals surface area contributed by atoms with Gasteiger partial charge in [-0.3, -0.25) is 4.79 Å². The van der Waals surface area contributed by atoms with Crippen molar-refractivity contribution >= 4 is 35.1 Å². The summed E-state index contributed by atoms with van der Waals surface area (Å²) in [5.41, 5.74) is 2.54. The third-order valence-corrected chi connectivity index (χ3v) is 6.47. The standard InChI is InChI=1S/C32H31Cl2NO4.C2H6/c1-3-5-15-30(39-18-4-2)25-14-10-9-13-24(19-25)22-35(31(36)27-17-16-26(33)21-28(27)34)29(32(37)38)20-23-11-7-6-8-12-23;1-2/h3-8,10-19,21,29H,9,20,22H2,1-2H3,(H,37,38);1-2H3/b5-3+,18-4+,30-15-;/t29-;/m0./s1. The van der Waals surface area contributed by atoms with Crippen LogP contribution in [-0.4, -0.2) is 34.5 Å². The molecule has 1 aliphatic carbocycles. The highest BCUT2D eigenvalue weighted by atomic mass is 35.5. The molecule has 5 nitrogen and oxygen atoms in total. The summed E-state index contributed by atoms with van der Waals surface area (Å²) in [6.07, 6.45) is 17.6. The summed E-state index contributed by atoms with van der Waals surface area (Å²) >= 11 is 12.4. The van der Waals surface area contributed by atoms with Gasteiger partial charge in [0.05, 0.1) is 16.8 Å². The molecule has 1 N–H and O–H groups in total. The van der Waals surface area contributed by atoms with E-state index in [4.69, 9.17) is 27.9 Å². The predicted octanol–water partition coefficient (Wildman–Crippen LogP) is 8.98. The van der Waals surface area contributed by atoms with Gasteiger partial charge in [-0.1, -0.05) is 104 Å². The molecule has 1 amide bonds. The second kappa shape index (κ2) is 17.8. The second-order valence-electron chi connectivity index (χ2n) is 8.76. The van der Waals surface area contributed by atoms with E-state index in [0.29, 0.717) is 17.2 Å². The summed E-state index contributed by atoms with van der Waals surface area (Å²) in [6.45, 7) is 7.82. The Kier molecular flexibility index (Phi) is 14.5. The minimum absolute atomic E-state index is 0.0489. The van der Waals surface area contributed by atoms with Crippen LogP contribution in [0.15, 0.2) is 120 Å². The van der Waals surface area contributed by atoms with Gasteiger partial charge in [-0.05, 0) is 61.8 Å². The number of carbonyl (C=O) groups excluding carboxylic acids is 1. The van der Waals surface area contributed by atoms with E-state index in [1.54, 1.807) is 18.4 Å². The zero-order valence-electron chi connectivity index (χ0n) is 23.9. The molecule has 2 aromatic carbocycles. The lowest BCUT2D eigenvalue weighted by atomic mass is 10.0. The number of carboxylic acid groups (broad SMARTS) is 1. The first-order valence-corrected chi connectivity index (χ1v) is 14.3. The summed E-state index contributed by atoms with van der Waals surface area (Å²) in [5, 5.41) is 10.8. The molecule has 216 valence electrons. The van der Waals surface area contributed by atoms with Crippen molar-refractivity contribution in [3.63, 3.8) is 0 Å². The molecule has 0 bridgehead atoms. The maximum absolute atomic E-state index is 13.9. The molecule has 0 unspecified atom stereocenters. The zero-order chi connectivity index (χ0) is 30.2. The molecule has 3 rings (SSSR count). The number of halogens is 2. The van der Waals surface area contributed by atoms with Crippen LogP contribution in [0.2, 0.25) is 10.0 Å². The largest absolute Gasteiger partial charge is 0.480 e. The van der Waals surface area contributed by atoms with Gasteiger partial charge in [-0.2, -0.15) is 0 Å². The van der Waals surface area contributed by atoms with Gasteiger partial charge in [0.25, 0.3) is 5.91 Å². The molecule has 0 aromatic heterocycles. The van der Waals surface area contributed by atoms with Gasteiger partial charge >= 0.3 is 5.97 Å². The molecule has 1 aliphatic rings. The van der Waals surface area contributed by atoms with Crippen molar-refractivity contribution in [2.75, 3.05) is 6.54 Å². The molecule has 1 atom stereocenters. The van der Waals surface area contributed by atoms with Crippen molar-refractivity contribution in [1.82, 2.24) is 4.90 Å². The number of nitrogens with zero attached hydrogens (tertiary/aromatic N) is 1. The number of carbonyl (C=O) groups is 2. The van der Waals surface area contributed by atoms with Gasteiger partial charge in [-0.15, -0.1) is 0 Å². The average Bonchev–Trinajstić information content (AvgIpc) is 3.21. The van der Waals surface area contributed by atoms with Crippen LogP contribution in [0.25, 0.3) is 0 Å². The van der Waals surface area contributed by atoms with Crippen LogP contribution in [0.1, 0.15) is 50.0 Å². The van der Waals surface area contributed by atoms with Crippen molar-refractivity contribution in [2.24, 2.45) is 0 Å². The van der Waals surface area contributed by atoms with Crippen molar-refractivity contribution in [2.45, 2.75) is 46.6 Å². The lowest BCUT2D eigenvalue weighted by molar-refractivity contribution is -0.142. The Labute approximate surface area is 253 Å². The number of rotatable bonds is 11.